The molecule has 0 aliphatic heterocycles. The highest BCUT2D eigenvalue weighted by Crippen LogP contribution is 2.27. The van der Waals surface area contributed by atoms with E-state index in [2.05, 4.69) is 4.98 Å². The van der Waals surface area contributed by atoms with Crippen molar-refractivity contribution >= 4 is 27.5 Å². The van der Waals surface area contributed by atoms with Crippen molar-refractivity contribution in [3.05, 3.63) is 61.6 Å². The zero-order chi connectivity index (χ0) is 16.7. The predicted molar refractivity (Wildman–Crippen MR) is 90.8 cm³/mol. The van der Waals surface area contributed by atoms with Crippen molar-refractivity contribution in [3.63, 3.8) is 0 Å². The average Bonchev–Trinajstić information content (AvgIpc) is 2.84. The van der Waals surface area contributed by atoms with Crippen molar-refractivity contribution in [2.24, 2.45) is 0 Å². The molecule has 0 saturated heterocycles. The van der Waals surface area contributed by atoms with Gasteiger partial charge in [-0.2, -0.15) is 0 Å². The van der Waals surface area contributed by atoms with E-state index in [4.69, 9.17) is 0 Å². The van der Waals surface area contributed by atoms with Crippen LogP contribution in [0, 0.1) is 6.92 Å². The lowest BCUT2D eigenvalue weighted by Crippen LogP contribution is -2.33. The molecular weight excluding hydrogens is 314 g/mol. The van der Waals surface area contributed by atoms with Crippen LogP contribution in [0.3, 0.4) is 0 Å². The third-order valence-corrected chi connectivity index (χ3v) is 4.80. The summed E-state index contributed by atoms with van der Waals surface area (Å²) in [7, 11) is 3.30. The van der Waals surface area contributed by atoms with Crippen molar-refractivity contribution in [3.8, 4) is 5.69 Å². The second-order valence-corrected chi connectivity index (χ2v) is 6.39. The Morgan fingerprint density at radius 3 is 2.43 bits per heavy atom. The largest absolute Gasteiger partial charge is 0.344 e. The summed E-state index contributed by atoms with van der Waals surface area (Å²) >= 11 is 1.13. The van der Waals surface area contributed by atoms with Crippen LogP contribution >= 0.6 is 11.3 Å². The number of hydrogen-bond acceptors (Lipinski definition) is 4. The van der Waals surface area contributed by atoms with Gasteiger partial charge in [-0.15, -0.1) is 11.3 Å². The number of carbonyl (C=O) groups excluding carboxylic acids is 1. The standard InChI is InChI=1S/C16H15N3O3S/c1-9-11-13(23-12(9)15(21)18(2)3)17-16(22)19(14(11)20)10-7-5-4-6-8-10/h4-8H,1-3H3,(H,17,22). The SMILES string of the molecule is Cc1c(C(=O)N(C)C)sc2[nH]c(=O)n(-c3ccccc3)c(=O)c12. The van der Waals surface area contributed by atoms with Crippen LogP contribution in [0.1, 0.15) is 15.2 Å². The lowest BCUT2D eigenvalue weighted by atomic mass is 10.2. The number of thiophene rings is 1. The molecule has 2 heterocycles. The Bertz CT molecular complexity index is 1010. The highest BCUT2D eigenvalue weighted by Gasteiger charge is 2.21. The molecule has 118 valence electrons. The second kappa shape index (κ2) is 5.51. The summed E-state index contributed by atoms with van der Waals surface area (Å²) in [6, 6.07) is 8.71. The molecule has 0 aliphatic rings. The predicted octanol–water partition coefficient (Wildman–Crippen LogP) is 1.75. The molecule has 1 N–H and O–H groups in total. The number of amides is 1. The maximum atomic E-state index is 12.8. The minimum absolute atomic E-state index is 0.185. The fraction of sp³-hybridized carbons (Fsp3) is 0.188. The number of rotatable bonds is 2. The van der Waals surface area contributed by atoms with Crippen molar-refractivity contribution in [2.45, 2.75) is 6.92 Å². The average molecular weight is 329 g/mol. The maximum Gasteiger partial charge on any atom is 0.334 e. The summed E-state index contributed by atoms with van der Waals surface area (Å²) in [5, 5.41) is 0.378. The number of nitrogens with one attached hydrogen (secondary N) is 1. The number of nitrogens with zero attached hydrogens (tertiary/aromatic N) is 2. The van der Waals surface area contributed by atoms with Gasteiger partial charge in [0.15, 0.2) is 0 Å². The van der Waals surface area contributed by atoms with Crippen LogP contribution in [-0.2, 0) is 0 Å². The summed E-state index contributed by atoms with van der Waals surface area (Å²) in [4.78, 5) is 42.4. The van der Waals surface area contributed by atoms with E-state index in [1.165, 1.54) is 4.90 Å². The monoisotopic (exact) mass is 329 g/mol. The van der Waals surface area contributed by atoms with Crippen LogP contribution in [0.2, 0.25) is 0 Å². The van der Waals surface area contributed by atoms with Crippen LogP contribution in [-0.4, -0.2) is 34.5 Å². The van der Waals surface area contributed by atoms with Gasteiger partial charge in [-0.25, -0.2) is 9.36 Å². The number of aromatic amines is 1. The lowest BCUT2D eigenvalue weighted by molar-refractivity contribution is 0.0831. The van der Waals surface area contributed by atoms with E-state index in [1.807, 2.05) is 6.07 Å². The Kier molecular flexibility index (Phi) is 3.65. The molecule has 0 atom stereocenters. The molecule has 3 aromatic rings. The molecule has 0 fully saturated rings. The third kappa shape index (κ3) is 2.39. The van der Waals surface area contributed by atoms with Crippen LogP contribution in [0.15, 0.2) is 39.9 Å². The van der Waals surface area contributed by atoms with Gasteiger partial charge in [0, 0.05) is 14.1 Å². The first kappa shape index (κ1) is 15.2. The molecule has 1 aromatic carbocycles. The van der Waals surface area contributed by atoms with Crippen molar-refractivity contribution in [2.75, 3.05) is 14.1 Å². The Labute approximate surface area is 135 Å². The summed E-state index contributed by atoms with van der Waals surface area (Å²) < 4.78 is 1.09. The van der Waals surface area contributed by atoms with E-state index in [9.17, 15) is 14.4 Å². The van der Waals surface area contributed by atoms with Gasteiger partial charge in [0.2, 0.25) is 0 Å². The van der Waals surface area contributed by atoms with E-state index >= 15 is 0 Å². The van der Waals surface area contributed by atoms with Gasteiger partial charge in [0.1, 0.15) is 4.83 Å². The number of para-hydroxylation sites is 1. The topological polar surface area (TPSA) is 75.2 Å². The maximum absolute atomic E-state index is 12.8. The number of carbonyl (C=O) groups is 1. The molecule has 0 unspecified atom stereocenters. The minimum Gasteiger partial charge on any atom is -0.344 e. The number of aryl methyl sites for hydroxylation is 1. The molecule has 2 aromatic heterocycles. The summed E-state index contributed by atoms with van der Waals surface area (Å²) in [6.45, 7) is 1.73. The minimum atomic E-state index is -0.515. The Morgan fingerprint density at radius 2 is 1.83 bits per heavy atom. The molecule has 0 radical (unpaired) electrons. The van der Waals surface area contributed by atoms with Crippen LogP contribution in [0.4, 0.5) is 0 Å². The summed E-state index contributed by atoms with van der Waals surface area (Å²) in [5.41, 5.74) is 0.154. The lowest BCUT2D eigenvalue weighted by Gasteiger charge is -2.08. The quantitative estimate of drug-likeness (QED) is 0.778. The molecular formula is C16H15N3O3S. The number of aromatic nitrogens is 2. The van der Waals surface area contributed by atoms with E-state index in [1.54, 1.807) is 45.3 Å². The van der Waals surface area contributed by atoms with Gasteiger partial charge in [-0.3, -0.25) is 14.6 Å². The van der Waals surface area contributed by atoms with Gasteiger partial charge in [-0.05, 0) is 24.6 Å². The normalized spacial score (nSPS) is 10.9. The fourth-order valence-electron chi connectivity index (χ4n) is 2.43. The number of hydrogen-bond donors (Lipinski definition) is 1. The molecule has 0 saturated carbocycles. The molecule has 6 nitrogen and oxygen atoms in total. The Hall–Kier alpha value is -2.67. The molecule has 0 bridgehead atoms. The molecule has 0 aliphatic carbocycles. The van der Waals surface area contributed by atoms with Gasteiger partial charge in [0.25, 0.3) is 11.5 Å². The number of H-pyrrole nitrogens is 1. The van der Waals surface area contributed by atoms with Crippen molar-refractivity contribution < 1.29 is 4.79 Å². The number of benzene rings is 1. The fourth-order valence-corrected chi connectivity index (χ4v) is 3.64. The van der Waals surface area contributed by atoms with Gasteiger partial charge in [0.05, 0.1) is 16.0 Å². The van der Waals surface area contributed by atoms with Crippen LogP contribution in [0.5, 0.6) is 0 Å². The zero-order valence-corrected chi connectivity index (χ0v) is 13.7. The van der Waals surface area contributed by atoms with E-state index < -0.39 is 11.2 Å². The molecule has 0 spiro atoms. The van der Waals surface area contributed by atoms with Crippen LogP contribution in [0.25, 0.3) is 15.9 Å². The first-order valence-corrected chi connectivity index (χ1v) is 7.79. The number of fused-ring (bicyclic) bond motifs is 1. The molecule has 23 heavy (non-hydrogen) atoms. The van der Waals surface area contributed by atoms with Gasteiger partial charge < -0.3 is 4.90 Å². The molecule has 1 amide bonds. The van der Waals surface area contributed by atoms with Crippen molar-refractivity contribution in [1.29, 1.82) is 0 Å². The van der Waals surface area contributed by atoms with Gasteiger partial charge in [-0.1, -0.05) is 18.2 Å². The smallest absolute Gasteiger partial charge is 0.334 e. The first-order valence-electron chi connectivity index (χ1n) is 6.97. The zero-order valence-electron chi connectivity index (χ0n) is 12.9. The van der Waals surface area contributed by atoms with Gasteiger partial charge >= 0.3 is 5.69 Å². The Morgan fingerprint density at radius 1 is 1.17 bits per heavy atom. The molecule has 7 heteroatoms. The van der Waals surface area contributed by atoms with E-state index in [0.29, 0.717) is 26.3 Å². The molecule has 3 rings (SSSR count). The highest BCUT2D eigenvalue weighted by molar-refractivity contribution is 7.20. The van der Waals surface area contributed by atoms with Crippen LogP contribution < -0.4 is 11.2 Å². The van der Waals surface area contributed by atoms with E-state index in [-0.39, 0.29) is 5.91 Å². The Balaban J connectivity index is 2.36. The first-order chi connectivity index (χ1) is 10.9. The second-order valence-electron chi connectivity index (χ2n) is 5.37. The highest BCUT2D eigenvalue weighted by atomic mass is 32.1. The van der Waals surface area contributed by atoms with Crippen molar-refractivity contribution in [1.82, 2.24) is 14.5 Å². The summed E-state index contributed by atoms with van der Waals surface area (Å²) in [6.07, 6.45) is 0. The summed E-state index contributed by atoms with van der Waals surface area (Å²) in [5.74, 6) is -0.185. The third-order valence-electron chi connectivity index (χ3n) is 3.60. The van der Waals surface area contributed by atoms with E-state index in [0.717, 1.165) is 15.9 Å².